The molecule has 0 radical (unpaired) electrons. The van der Waals surface area contributed by atoms with Crippen molar-refractivity contribution in [1.82, 2.24) is 10.9 Å². The molecule has 0 saturated carbocycles. The average molecular weight is 322 g/mol. The molecule has 23 heavy (non-hydrogen) atoms. The van der Waals surface area contributed by atoms with Crippen LogP contribution in [0.2, 0.25) is 0 Å². The summed E-state index contributed by atoms with van der Waals surface area (Å²) in [5, 5.41) is 0. The summed E-state index contributed by atoms with van der Waals surface area (Å²) in [6, 6.07) is 17.1. The van der Waals surface area contributed by atoms with Crippen LogP contribution in [0.25, 0.3) is 0 Å². The molecule has 2 aromatic carbocycles. The summed E-state index contributed by atoms with van der Waals surface area (Å²) in [7, 11) is 0. The fourth-order valence-corrected chi connectivity index (χ4v) is 2.05. The van der Waals surface area contributed by atoms with Crippen LogP contribution >= 0.6 is 0 Å². The van der Waals surface area contributed by atoms with Crippen LogP contribution in [-0.2, 0) is 9.59 Å². The zero-order valence-electron chi connectivity index (χ0n) is 11.8. The van der Waals surface area contributed by atoms with Crippen LogP contribution in [0.3, 0.4) is 0 Å². The predicted octanol–water partition coefficient (Wildman–Crippen LogP) is 2.53. The molecule has 0 aromatic heterocycles. The highest BCUT2D eigenvalue weighted by atomic mass is 19.4. The fraction of sp³-hybridized carbons (Fsp3) is 0.125. The minimum Gasteiger partial charge on any atom is -0.272 e. The number of nitrogens with one attached hydrogen (secondary N) is 2. The summed E-state index contributed by atoms with van der Waals surface area (Å²) in [6.07, 6.45) is -5.07. The molecule has 0 atom stereocenters. The van der Waals surface area contributed by atoms with Crippen molar-refractivity contribution in [3.8, 4) is 0 Å². The standard InChI is InChI=1S/C16H13F3N2O2/c17-16(18,19)15(23)21-20-14(22)13(11-7-3-1-4-8-11)12-9-5-2-6-10-12/h1-10,13H,(H,20,22)(H,21,23). The monoisotopic (exact) mass is 322 g/mol. The van der Waals surface area contributed by atoms with E-state index in [-0.39, 0.29) is 0 Å². The quantitative estimate of drug-likeness (QED) is 0.853. The van der Waals surface area contributed by atoms with Gasteiger partial charge in [0.15, 0.2) is 0 Å². The number of alkyl halides is 3. The van der Waals surface area contributed by atoms with Crippen LogP contribution in [-0.4, -0.2) is 18.0 Å². The first-order valence-corrected chi connectivity index (χ1v) is 6.66. The van der Waals surface area contributed by atoms with Crippen LogP contribution in [0.4, 0.5) is 13.2 Å². The molecule has 0 aliphatic carbocycles. The molecule has 0 heterocycles. The molecule has 2 N–H and O–H groups in total. The van der Waals surface area contributed by atoms with Gasteiger partial charge in [0.25, 0.3) is 0 Å². The number of benzene rings is 2. The molecule has 120 valence electrons. The molecule has 2 amide bonds. The van der Waals surface area contributed by atoms with E-state index in [2.05, 4.69) is 0 Å². The van der Waals surface area contributed by atoms with Gasteiger partial charge in [0.05, 0.1) is 5.92 Å². The Balaban J connectivity index is 2.21. The number of hydrogen-bond acceptors (Lipinski definition) is 2. The molecule has 2 aromatic rings. The molecule has 7 heteroatoms. The first kappa shape index (κ1) is 16.5. The van der Waals surface area contributed by atoms with Gasteiger partial charge in [0.2, 0.25) is 5.91 Å². The minimum atomic E-state index is -5.07. The third-order valence-corrected chi connectivity index (χ3v) is 3.08. The normalized spacial score (nSPS) is 11.1. The Kier molecular flexibility index (Phi) is 5.00. The van der Waals surface area contributed by atoms with Crippen LogP contribution in [0, 0.1) is 0 Å². The number of carbonyl (C=O) groups is 2. The van der Waals surface area contributed by atoms with E-state index in [0.29, 0.717) is 11.1 Å². The summed E-state index contributed by atoms with van der Waals surface area (Å²) in [5.74, 6) is -3.84. The van der Waals surface area contributed by atoms with Gasteiger partial charge >= 0.3 is 12.1 Å². The fourth-order valence-electron chi connectivity index (χ4n) is 2.05. The molecular formula is C16H13F3N2O2. The van der Waals surface area contributed by atoms with Gasteiger partial charge in [-0.3, -0.25) is 20.4 Å². The number of rotatable bonds is 3. The maximum Gasteiger partial charge on any atom is 0.472 e. The van der Waals surface area contributed by atoms with E-state index in [1.54, 1.807) is 60.7 Å². The third kappa shape index (κ3) is 4.32. The van der Waals surface area contributed by atoms with Gasteiger partial charge in [0.1, 0.15) is 0 Å². The van der Waals surface area contributed by atoms with Gasteiger partial charge in [-0.05, 0) is 11.1 Å². The number of carbonyl (C=O) groups excluding carboxylic acids is 2. The second-order valence-corrected chi connectivity index (χ2v) is 4.70. The van der Waals surface area contributed by atoms with Crippen molar-refractivity contribution >= 4 is 11.8 Å². The Bertz CT molecular complexity index is 633. The van der Waals surface area contributed by atoms with Crippen molar-refractivity contribution < 1.29 is 22.8 Å². The Morgan fingerprint density at radius 2 is 1.22 bits per heavy atom. The summed E-state index contributed by atoms with van der Waals surface area (Å²) in [6.45, 7) is 0. The van der Waals surface area contributed by atoms with Gasteiger partial charge in [-0.1, -0.05) is 60.7 Å². The van der Waals surface area contributed by atoms with Crippen LogP contribution in [0.1, 0.15) is 17.0 Å². The Morgan fingerprint density at radius 1 is 0.783 bits per heavy atom. The van der Waals surface area contributed by atoms with Gasteiger partial charge < -0.3 is 0 Å². The maximum atomic E-state index is 12.3. The molecule has 0 aliphatic heterocycles. The lowest BCUT2D eigenvalue weighted by Gasteiger charge is -2.18. The molecular weight excluding hydrogens is 309 g/mol. The summed E-state index contributed by atoms with van der Waals surface area (Å²) >= 11 is 0. The average Bonchev–Trinajstić information content (AvgIpc) is 2.54. The molecule has 0 fully saturated rings. The molecule has 0 aliphatic rings. The number of hydrogen-bond donors (Lipinski definition) is 2. The zero-order chi connectivity index (χ0) is 16.9. The minimum absolute atomic E-state index is 0.595. The van der Waals surface area contributed by atoms with Crippen molar-refractivity contribution in [3.63, 3.8) is 0 Å². The SMILES string of the molecule is O=C(NNC(=O)C(F)(F)F)C(c1ccccc1)c1ccccc1. The lowest BCUT2D eigenvalue weighted by molar-refractivity contribution is -0.175. The molecule has 2 rings (SSSR count). The van der Waals surface area contributed by atoms with Crippen molar-refractivity contribution in [2.45, 2.75) is 12.1 Å². The highest BCUT2D eigenvalue weighted by Gasteiger charge is 2.39. The van der Waals surface area contributed by atoms with Crippen LogP contribution < -0.4 is 10.9 Å². The summed E-state index contributed by atoms with van der Waals surface area (Å²) in [4.78, 5) is 23.1. The molecule has 0 saturated heterocycles. The highest BCUT2D eigenvalue weighted by molar-refractivity contribution is 5.90. The topological polar surface area (TPSA) is 58.2 Å². The van der Waals surface area contributed by atoms with Gasteiger partial charge in [-0.25, -0.2) is 0 Å². The first-order chi connectivity index (χ1) is 10.9. The van der Waals surface area contributed by atoms with E-state index >= 15 is 0 Å². The second kappa shape index (κ2) is 6.95. The predicted molar refractivity (Wildman–Crippen MR) is 77.1 cm³/mol. The van der Waals surface area contributed by atoms with E-state index in [4.69, 9.17) is 0 Å². The van der Waals surface area contributed by atoms with Gasteiger partial charge in [-0.2, -0.15) is 13.2 Å². The van der Waals surface area contributed by atoms with Gasteiger partial charge in [0, 0.05) is 0 Å². The number of hydrazine groups is 1. The van der Waals surface area contributed by atoms with Crippen molar-refractivity contribution in [2.24, 2.45) is 0 Å². The van der Waals surface area contributed by atoms with Crippen molar-refractivity contribution in [1.29, 1.82) is 0 Å². The largest absolute Gasteiger partial charge is 0.472 e. The van der Waals surface area contributed by atoms with E-state index in [1.165, 1.54) is 5.43 Å². The molecule has 0 unspecified atom stereocenters. The Hall–Kier alpha value is -2.83. The summed E-state index contributed by atoms with van der Waals surface area (Å²) < 4.78 is 36.5. The van der Waals surface area contributed by atoms with Crippen LogP contribution in [0.5, 0.6) is 0 Å². The molecule has 0 bridgehead atoms. The van der Waals surface area contributed by atoms with Crippen molar-refractivity contribution in [2.75, 3.05) is 0 Å². The van der Waals surface area contributed by atoms with E-state index in [9.17, 15) is 22.8 Å². The van der Waals surface area contributed by atoms with Crippen molar-refractivity contribution in [3.05, 3.63) is 71.8 Å². The Labute approximate surface area is 130 Å². The zero-order valence-corrected chi connectivity index (χ0v) is 11.8. The molecule has 0 spiro atoms. The van der Waals surface area contributed by atoms with E-state index < -0.39 is 23.9 Å². The van der Waals surface area contributed by atoms with E-state index in [0.717, 1.165) is 0 Å². The maximum absolute atomic E-state index is 12.3. The van der Waals surface area contributed by atoms with Gasteiger partial charge in [-0.15, -0.1) is 0 Å². The highest BCUT2D eigenvalue weighted by Crippen LogP contribution is 2.24. The first-order valence-electron chi connectivity index (χ1n) is 6.66. The third-order valence-electron chi connectivity index (χ3n) is 3.08. The Morgan fingerprint density at radius 3 is 1.61 bits per heavy atom. The molecule has 4 nitrogen and oxygen atoms in total. The lowest BCUT2D eigenvalue weighted by atomic mass is 9.91. The number of amides is 2. The van der Waals surface area contributed by atoms with E-state index in [1.807, 2.05) is 5.43 Å². The summed E-state index contributed by atoms with van der Waals surface area (Å²) in [5.41, 5.74) is 4.40. The van der Waals surface area contributed by atoms with Crippen LogP contribution in [0.15, 0.2) is 60.7 Å². The smallest absolute Gasteiger partial charge is 0.272 e. The lowest BCUT2D eigenvalue weighted by Crippen LogP contribution is -2.49. The second-order valence-electron chi connectivity index (χ2n) is 4.70. The number of halogens is 3.